The van der Waals surface area contributed by atoms with E-state index < -0.39 is 84.4 Å². The third-order valence-electron chi connectivity index (χ3n) is 5.88. The molecule has 14 N–H and O–H groups in total. The number of carbonyl (C=O) groups excluding carboxylic acids is 4. The highest BCUT2D eigenvalue weighted by Gasteiger charge is 2.42. The van der Waals surface area contributed by atoms with Gasteiger partial charge in [0.25, 0.3) is 0 Å². The number of carbonyl (C=O) groups is 5. The van der Waals surface area contributed by atoms with Gasteiger partial charge in [-0.25, -0.2) is 0 Å². The van der Waals surface area contributed by atoms with Crippen molar-refractivity contribution in [3.63, 3.8) is 0 Å². The van der Waals surface area contributed by atoms with Crippen molar-refractivity contribution < 1.29 is 49.5 Å². The summed E-state index contributed by atoms with van der Waals surface area (Å²) >= 11 is 0. The molecule has 0 spiro atoms. The Morgan fingerprint density at radius 3 is 1.97 bits per heavy atom. The fourth-order valence-electron chi connectivity index (χ4n) is 3.60. The van der Waals surface area contributed by atoms with E-state index in [1.165, 1.54) is 24.3 Å². The molecule has 38 heavy (non-hydrogen) atoms. The van der Waals surface area contributed by atoms with Crippen LogP contribution in [0.15, 0.2) is 30.3 Å². The normalized spacial score (nSPS) is 17.7. The Kier molecular flexibility index (Phi) is 13.1. The number of Topliss-reactive ketones (excluding diaryl/α,β-unsaturated/α-hetero) is 2. The molecule has 15 nitrogen and oxygen atoms in total. The number of rotatable bonds is 17. The summed E-state index contributed by atoms with van der Waals surface area (Å²) in [6.07, 6.45) is -7.64. The van der Waals surface area contributed by atoms with Crippen molar-refractivity contribution in [2.24, 2.45) is 22.9 Å². The van der Waals surface area contributed by atoms with E-state index in [1.807, 2.05) is 0 Å². The Hall–Kier alpha value is -3.31. The van der Waals surface area contributed by atoms with Gasteiger partial charge in [0.2, 0.25) is 11.8 Å². The number of aliphatic hydroxyl groups excluding tert-OH is 4. The molecule has 0 aromatic heterocycles. The van der Waals surface area contributed by atoms with Crippen molar-refractivity contribution in [3.05, 3.63) is 35.9 Å². The van der Waals surface area contributed by atoms with Crippen LogP contribution >= 0.6 is 0 Å². The summed E-state index contributed by atoms with van der Waals surface area (Å²) in [7, 11) is 0. The van der Waals surface area contributed by atoms with Crippen LogP contribution in [-0.2, 0) is 24.0 Å². The molecule has 0 saturated heterocycles. The van der Waals surface area contributed by atoms with Gasteiger partial charge in [-0.05, 0) is 12.0 Å². The summed E-state index contributed by atoms with van der Waals surface area (Å²) in [5.41, 5.74) is 22.0. The van der Waals surface area contributed by atoms with E-state index in [1.54, 1.807) is 6.07 Å². The van der Waals surface area contributed by atoms with Crippen LogP contribution < -0.4 is 28.3 Å². The van der Waals surface area contributed by atoms with Gasteiger partial charge in [-0.3, -0.25) is 24.0 Å². The average molecular weight is 542 g/mol. The zero-order valence-corrected chi connectivity index (χ0v) is 20.4. The molecule has 1 unspecified atom stereocenters. The van der Waals surface area contributed by atoms with Crippen LogP contribution in [0.5, 0.6) is 0 Å². The van der Waals surface area contributed by atoms with Crippen molar-refractivity contribution >= 4 is 29.4 Å². The number of nitrogens with one attached hydrogen (secondary N) is 1. The molecule has 0 aliphatic rings. The lowest BCUT2D eigenvalue weighted by molar-refractivity contribution is -0.148. The second-order valence-corrected chi connectivity index (χ2v) is 8.77. The van der Waals surface area contributed by atoms with E-state index >= 15 is 0 Å². The molecule has 8 atom stereocenters. The molecule has 1 aromatic carbocycles. The topological polar surface area (TPSA) is 303 Å². The highest BCUT2D eigenvalue weighted by Crippen LogP contribution is 2.23. The van der Waals surface area contributed by atoms with Gasteiger partial charge in [0.05, 0.1) is 30.7 Å². The average Bonchev–Trinajstić information content (AvgIpc) is 2.88. The third-order valence-corrected chi connectivity index (χ3v) is 5.88. The first-order valence-corrected chi connectivity index (χ1v) is 11.6. The highest BCUT2D eigenvalue weighted by atomic mass is 16.4. The van der Waals surface area contributed by atoms with Gasteiger partial charge in [0.15, 0.2) is 5.78 Å². The van der Waals surface area contributed by atoms with Gasteiger partial charge in [0, 0.05) is 12.8 Å². The number of hydrogen-bond donors (Lipinski definition) is 10. The molecule has 0 heterocycles. The van der Waals surface area contributed by atoms with Crippen LogP contribution in [-0.4, -0.2) is 104 Å². The minimum Gasteiger partial charge on any atom is -0.480 e. The number of aliphatic hydroxyl groups is 4. The molecule has 0 saturated carbocycles. The van der Waals surface area contributed by atoms with E-state index in [9.17, 15) is 49.5 Å². The maximum atomic E-state index is 12.9. The van der Waals surface area contributed by atoms with Crippen LogP contribution in [0.3, 0.4) is 0 Å². The minimum atomic E-state index is -2.36. The van der Waals surface area contributed by atoms with Gasteiger partial charge < -0.3 is 53.8 Å². The lowest BCUT2D eigenvalue weighted by Gasteiger charge is -2.31. The second-order valence-electron chi connectivity index (χ2n) is 8.77. The smallest absolute Gasteiger partial charge is 0.321 e. The highest BCUT2D eigenvalue weighted by molar-refractivity contribution is 5.95. The lowest BCUT2D eigenvalue weighted by atomic mass is 9.83. The Bertz CT molecular complexity index is 979. The number of hydrogen-bond acceptors (Lipinski definition) is 12. The number of carboxylic acid groups (broad SMARTS) is 1. The van der Waals surface area contributed by atoms with Gasteiger partial charge in [-0.1, -0.05) is 30.3 Å². The van der Waals surface area contributed by atoms with Crippen LogP contribution in [0, 0.1) is 0 Å². The standard InChI is InChI=1S/C23H35N5O10/c24-11(6-7-14(30)12(25)8-15(26)31)22(36)28-13(9-29)18(32)20(34)21(35)19(33)16(17(27)23(37)38)10-4-2-1-3-5-10/h1-5,11-13,16-18,20-21,29,32,34-35H,6-9,24-25,27H2,(H2,26,31)(H,28,36)(H,37,38)/t11-,12-,13-,16?,17-,18+,20+,21+/m0/s1. The first-order valence-electron chi connectivity index (χ1n) is 11.6. The SMILES string of the molecule is NC(=O)C[C@H](N)C(=O)CC[C@H](N)C(=O)N[C@@H](CO)[C@@H](O)[C@@H](O)[C@H](O)C(=O)C(c1ccccc1)[C@H](N)C(=O)O. The van der Waals surface area contributed by atoms with Crippen LogP contribution in [0.1, 0.15) is 30.7 Å². The maximum Gasteiger partial charge on any atom is 0.321 e. The number of aliphatic carboxylic acids is 1. The zero-order valence-electron chi connectivity index (χ0n) is 20.4. The molecule has 0 aliphatic heterocycles. The van der Waals surface area contributed by atoms with Crippen molar-refractivity contribution in [2.45, 2.75) is 67.7 Å². The van der Waals surface area contributed by atoms with Crippen LogP contribution in [0.4, 0.5) is 0 Å². The monoisotopic (exact) mass is 541 g/mol. The zero-order chi connectivity index (χ0) is 29.2. The lowest BCUT2D eigenvalue weighted by Crippen LogP contribution is -2.58. The van der Waals surface area contributed by atoms with Crippen molar-refractivity contribution in [1.82, 2.24) is 5.32 Å². The molecule has 0 radical (unpaired) electrons. The Morgan fingerprint density at radius 2 is 1.47 bits per heavy atom. The molecule has 0 fully saturated rings. The van der Waals surface area contributed by atoms with Gasteiger partial charge in [-0.15, -0.1) is 0 Å². The molecule has 1 aromatic rings. The van der Waals surface area contributed by atoms with Crippen LogP contribution in [0.2, 0.25) is 0 Å². The molecular formula is C23H35N5O10. The molecule has 15 heteroatoms. The molecule has 0 aliphatic carbocycles. The Morgan fingerprint density at radius 1 is 0.895 bits per heavy atom. The van der Waals surface area contributed by atoms with E-state index in [0.29, 0.717) is 0 Å². The second kappa shape index (κ2) is 15.2. The summed E-state index contributed by atoms with van der Waals surface area (Å²) in [6.45, 7) is -0.962. The number of carboxylic acids is 1. The number of amides is 2. The quantitative estimate of drug-likeness (QED) is 0.0886. The van der Waals surface area contributed by atoms with E-state index in [2.05, 4.69) is 5.32 Å². The fourth-order valence-corrected chi connectivity index (χ4v) is 3.60. The number of nitrogens with two attached hydrogens (primary N) is 4. The Labute approximate surface area is 217 Å². The largest absolute Gasteiger partial charge is 0.480 e. The Balaban J connectivity index is 2.89. The molecule has 2 amide bonds. The van der Waals surface area contributed by atoms with Gasteiger partial charge in [-0.2, -0.15) is 0 Å². The van der Waals surface area contributed by atoms with Crippen molar-refractivity contribution in [1.29, 1.82) is 0 Å². The predicted molar refractivity (Wildman–Crippen MR) is 131 cm³/mol. The summed E-state index contributed by atoms with van der Waals surface area (Å²) in [5.74, 6) is -6.69. The number of ketones is 2. The first-order chi connectivity index (χ1) is 17.7. The van der Waals surface area contributed by atoms with E-state index in [0.717, 1.165) is 0 Å². The maximum absolute atomic E-state index is 12.9. The first kappa shape index (κ1) is 32.7. The fraction of sp³-hybridized carbons (Fsp3) is 0.522. The van der Waals surface area contributed by atoms with Gasteiger partial charge in [0.1, 0.15) is 30.1 Å². The number of primary amides is 1. The summed E-state index contributed by atoms with van der Waals surface area (Å²) in [5, 5.41) is 52.4. The molecule has 0 bridgehead atoms. The van der Waals surface area contributed by atoms with Crippen molar-refractivity contribution in [3.8, 4) is 0 Å². The third kappa shape index (κ3) is 9.21. The minimum absolute atomic E-state index is 0.135. The van der Waals surface area contributed by atoms with Gasteiger partial charge >= 0.3 is 5.97 Å². The summed E-state index contributed by atoms with van der Waals surface area (Å²) in [4.78, 5) is 59.6. The van der Waals surface area contributed by atoms with E-state index in [-0.39, 0.29) is 24.8 Å². The predicted octanol–water partition coefficient (Wildman–Crippen LogP) is -4.81. The molecule has 212 valence electrons. The van der Waals surface area contributed by atoms with E-state index in [4.69, 9.17) is 22.9 Å². The summed E-state index contributed by atoms with van der Waals surface area (Å²) < 4.78 is 0. The van der Waals surface area contributed by atoms with Crippen LogP contribution in [0.25, 0.3) is 0 Å². The molecular weight excluding hydrogens is 506 g/mol. The van der Waals surface area contributed by atoms with Crippen molar-refractivity contribution in [2.75, 3.05) is 6.61 Å². The summed E-state index contributed by atoms with van der Waals surface area (Å²) in [6, 6.07) is 1.46. The molecule has 1 rings (SSSR count). The number of benzene rings is 1.